The molecule has 1 aromatic heterocycles. The predicted molar refractivity (Wildman–Crippen MR) is 126 cm³/mol. The van der Waals surface area contributed by atoms with Crippen molar-refractivity contribution < 1.29 is 9.59 Å². The number of benzene rings is 2. The molecule has 0 aliphatic rings. The van der Waals surface area contributed by atoms with E-state index in [-0.39, 0.29) is 17.7 Å². The van der Waals surface area contributed by atoms with Crippen LogP contribution in [0.4, 0.5) is 4.79 Å². The van der Waals surface area contributed by atoms with E-state index in [9.17, 15) is 9.59 Å². The topological polar surface area (TPSA) is 115 Å². The average molecular weight is 453 g/mol. The van der Waals surface area contributed by atoms with E-state index >= 15 is 0 Å². The van der Waals surface area contributed by atoms with Crippen molar-refractivity contribution in [1.82, 2.24) is 25.5 Å². The predicted octanol–water partition coefficient (Wildman–Crippen LogP) is 3.46. The SMILES string of the molecule is CC(C)(C)c1ccc(-c2nnc(SCCC(=O)NC(=O)NCc3ccccc3)n2N)cc1. The summed E-state index contributed by atoms with van der Waals surface area (Å²) in [6.45, 7) is 6.83. The number of amides is 3. The Labute approximate surface area is 192 Å². The van der Waals surface area contributed by atoms with Crippen LogP contribution in [0.25, 0.3) is 11.4 Å². The maximum atomic E-state index is 12.0. The molecule has 168 valence electrons. The molecular formula is C23H28N6O2S. The average Bonchev–Trinajstić information content (AvgIpc) is 3.13. The van der Waals surface area contributed by atoms with Gasteiger partial charge in [0, 0.05) is 24.3 Å². The standard InChI is InChI=1S/C23H28N6O2S/c1-23(2,3)18-11-9-17(10-12-18)20-27-28-22(29(20)24)32-14-13-19(30)26-21(31)25-15-16-7-5-4-6-8-16/h4-12H,13-15,24H2,1-3H3,(H2,25,26,30,31). The van der Waals surface area contributed by atoms with Crippen LogP contribution in [0, 0.1) is 0 Å². The Bertz CT molecular complexity index is 1060. The number of urea groups is 1. The number of aromatic nitrogens is 3. The Morgan fingerprint density at radius 2 is 1.72 bits per heavy atom. The van der Waals surface area contributed by atoms with Gasteiger partial charge in [0.05, 0.1) is 0 Å². The van der Waals surface area contributed by atoms with Crippen molar-refractivity contribution in [3.63, 3.8) is 0 Å². The fourth-order valence-electron chi connectivity index (χ4n) is 2.94. The minimum absolute atomic E-state index is 0.0644. The minimum atomic E-state index is -0.521. The number of carbonyl (C=O) groups excluding carboxylic acids is 2. The molecule has 32 heavy (non-hydrogen) atoms. The van der Waals surface area contributed by atoms with Crippen LogP contribution in [0.3, 0.4) is 0 Å². The first-order valence-electron chi connectivity index (χ1n) is 10.3. The van der Waals surface area contributed by atoms with E-state index in [0.29, 0.717) is 23.3 Å². The Kier molecular flexibility index (Phi) is 7.53. The van der Waals surface area contributed by atoms with Gasteiger partial charge in [-0.1, -0.05) is 87.1 Å². The molecule has 0 atom stereocenters. The van der Waals surface area contributed by atoms with Crippen molar-refractivity contribution in [2.75, 3.05) is 11.6 Å². The van der Waals surface area contributed by atoms with E-state index in [0.717, 1.165) is 11.1 Å². The number of hydrogen-bond acceptors (Lipinski definition) is 6. The largest absolute Gasteiger partial charge is 0.335 e. The van der Waals surface area contributed by atoms with E-state index in [2.05, 4.69) is 53.7 Å². The minimum Gasteiger partial charge on any atom is -0.335 e. The first-order chi connectivity index (χ1) is 15.2. The number of rotatable bonds is 7. The number of nitrogen functional groups attached to an aromatic ring is 1. The van der Waals surface area contributed by atoms with Gasteiger partial charge < -0.3 is 11.2 Å². The summed E-state index contributed by atoms with van der Waals surface area (Å²) in [5.41, 5.74) is 3.11. The molecular weight excluding hydrogens is 424 g/mol. The van der Waals surface area contributed by atoms with Gasteiger partial charge in [-0.2, -0.15) is 0 Å². The fraction of sp³-hybridized carbons (Fsp3) is 0.304. The van der Waals surface area contributed by atoms with E-state index in [1.807, 2.05) is 42.5 Å². The number of nitrogens with one attached hydrogen (secondary N) is 2. The molecule has 0 fully saturated rings. The summed E-state index contributed by atoms with van der Waals surface area (Å²) in [5.74, 6) is 6.75. The molecule has 3 aromatic rings. The van der Waals surface area contributed by atoms with Crippen molar-refractivity contribution >= 4 is 23.7 Å². The van der Waals surface area contributed by atoms with Gasteiger partial charge in [-0.05, 0) is 16.5 Å². The third-order valence-corrected chi connectivity index (χ3v) is 5.73. The van der Waals surface area contributed by atoms with Crippen LogP contribution in [-0.2, 0) is 16.8 Å². The Balaban J connectivity index is 1.46. The summed E-state index contributed by atoms with van der Waals surface area (Å²) in [4.78, 5) is 23.9. The molecule has 0 saturated heterocycles. The molecule has 0 saturated carbocycles. The highest BCUT2D eigenvalue weighted by molar-refractivity contribution is 7.99. The van der Waals surface area contributed by atoms with Crippen LogP contribution in [0.1, 0.15) is 38.3 Å². The first kappa shape index (κ1) is 23.3. The molecule has 9 heteroatoms. The van der Waals surface area contributed by atoms with E-state index < -0.39 is 6.03 Å². The van der Waals surface area contributed by atoms with Gasteiger partial charge >= 0.3 is 6.03 Å². The number of hydrogen-bond donors (Lipinski definition) is 3. The number of nitrogens with zero attached hydrogens (tertiary/aromatic N) is 3. The molecule has 8 nitrogen and oxygen atoms in total. The zero-order valence-corrected chi connectivity index (χ0v) is 19.3. The van der Waals surface area contributed by atoms with Gasteiger partial charge in [0.25, 0.3) is 0 Å². The zero-order valence-electron chi connectivity index (χ0n) is 18.5. The van der Waals surface area contributed by atoms with Gasteiger partial charge in [-0.3, -0.25) is 10.1 Å². The second-order valence-electron chi connectivity index (χ2n) is 8.32. The Morgan fingerprint density at radius 1 is 1.03 bits per heavy atom. The first-order valence-corrected chi connectivity index (χ1v) is 11.3. The fourth-order valence-corrected chi connectivity index (χ4v) is 3.73. The molecule has 4 N–H and O–H groups in total. The van der Waals surface area contributed by atoms with Crippen LogP contribution in [0.15, 0.2) is 59.8 Å². The molecule has 1 heterocycles. The second kappa shape index (κ2) is 10.3. The summed E-state index contributed by atoms with van der Waals surface area (Å²) >= 11 is 1.31. The summed E-state index contributed by atoms with van der Waals surface area (Å²) in [7, 11) is 0. The van der Waals surface area contributed by atoms with Gasteiger partial charge in [0.1, 0.15) is 0 Å². The molecule has 0 aliphatic carbocycles. The van der Waals surface area contributed by atoms with Crippen molar-refractivity contribution in [3.8, 4) is 11.4 Å². The maximum Gasteiger partial charge on any atom is 0.321 e. The van der Waals surface area contributed by atoms with Crippen LogP contribution < -0.4 is 16.5 Å². The zero-order chi connectivity index (χ0) is 23.1. The number of thioether (sulfide) groups is 1. The van der Waals surface area contributed by atoms with E-state index in [4.69, 9.17) is 5.84 Å². The van der Waals surface area contributed by atoms with Gasteiger partial charge in [-0.15, -0.1) is 10.2 Å². The third kappa shape index (κ3) is 6.34. The van der Waals surface area contributed by atoms with Crippen LogP contribution in [0.5, 0.6) is 0 Å². The second-order valence-corrected chi connectivity index (χ2v) is 9.38. The highest BCUT2D eigenvalue weighted by Crippen LogP contribution is 2.26. The molecule has 0 unspecified atom stereocenters. The maximum absolute atomic E-state index is 12.0. The van der Waals surface area contributed by atoms with Gasteiger partial charge in [0.2, 0.25) is 11.1 Å². The third-order valence-electron chi connectivity index (χ3n) is 4.78. The molecule has 0 radical (unpaired) electrons. The lowest BCUT2D eigenvalue weighted by molar-refractivity contribution is -0.119. The van der Waals surface area contributed by atoms with Crippen molar-refractivity contribution in [2.24, 2.45) is 0 Å². The normalized spacial score (nSPS) is 11.2. The number of carbonyl (C=O) groups is 2. The lowest BCUT2D eigenvalue weighted by atomic mass is 9.87. The molecule has 3 amide bonds. The molecule has 3 rings (SSSR count). The Hall–Kier alpha value is -3.33. The summed E-state index contributed by atoms with van der Waals surface area (Å²) < 4.78 is 1.42. The highest BCUT2D eigenvalue weighted by Gasteiger charge is 2.16. The van der Waals surface area contributed by atoms with Crippen LogP contribution in [0.2, 0.25) is 0 Å². The molecule has 0 bridgehead atoms. The van der Waals surface area contributed by atoms with E-state index in [1.165, 1.54) is 22.0 Å². The lowest BCUT2D eigenvalue weighted by Gasteiger charge is -2.19. The Morgan fingerprint density at radius 3 is 2.38 bits per heavy atom. The van der Waals surface area contributed by atoms with Crippen molar-refractivity contribution in [3.05, 3.63) is 65.7 Å². The lowest BCUT2D eigenvalue weighted by Crippen LogP contribution is -2.39. The number of nitrogens with two attached hydrogens (primary N) is 1. The molecule has 2 aromatic carbocycles. The quantitative estimate of drug-likeness (QED) is 0.374. The summed E-state index contributed by atoms with van der Waals surface area (Å²) in [5, 5.41) is 13.8. The van der Waals surface area contributed by atoms with Crippen LogP contribution >= 0.6 is 11.8 Å². The van der Waals surface area contributed by atoms with Crippen molar-refractivity contribution in [2.45, 2.75) is 44.3 Å². The van der Waals surface area contributed by atoms with Crippen molar-refractivity contribution in [1.29, 1.82) is 0 Å². The smallest absolute Gasteiger partial charge is 0.321 e. The monoisotopic (exact) mass is 452 g/mol. The molecule has 0 spiro atoms. The van der Waals surface area contributed by atoms with E-state index in [1.54, 1.807) is 0 Å². The van der Waals surface area contributed by atoms with Gasteiger partial charge in [0.15, 0.2) is 5.82 Å². The van der Waals surface area contributed by atoms with Crippen LogP contribution in [-0.4, -0.2) is 32.6 Å². The number of imide groups is 1. The van der Waals surface area contributed by atoms with Gasteiger partial charge in [-0.25, -0.2) is 9.47 Å². The highest BCUT2D eigenvalue weighted by atomic mass is 32.2. The summed E-state index contributed by atoms with van der Waals surface area (Å²) in [6.07, 6.45) is 0.145. The summed E-state index contributed by atoms with van der Waals surface area (Å²) in [6, 6.07) is 17.0. The molecule has 0 aliphatic heterocycles.